The molecule has 1 aromatic heterocycles. The van der Waals surface area contributed by atoms with Gasteiger partial charge in [-0.3, -0.25) is 14.4 Å². The second-order valence-electron chi connectivity index (χ2n) is 7.53. The van der Waals surface area contributed by atoms with Crippen molar-refractivity contribution in [3.8, 4) is 5.69 Å². The number of halogens is 1. The molecule has 2 heterocycles. The van der Waals surface area contributed by atoms with E-state index in [-0.39, 0.29) is 11.2 Å². The molecule has 156 valence electrons. The zero-order chi connectivity index (χ0) is 21.3. The monoisotopic (exact) mass is 408 g/mol. The Kier molecular flexibility index (Phi) is 5.50. The SMILES string of the molecule is CN=Cc1cc(-n2cnc3ccc(N(C)C4CCNCC4)cc3c2=O)cc(F)c1N. The fraction of sp³-hybridized carbons (Fsp3) is 0.318. The third kappa shape index (κ3) is 3.66. The topological polar surface area (TPSA) is 88.5 Å². The molecule has 8 heteroatoms. The van der Waals surface area contributed by atoms with Gasteiger partial charge in [-0.05, 0) is 50.2 Å². The summed E-state index contributed by atoms with van der Waals surface area (Å²) in [5, 5.41) is 3.85. The van der Waals surface area contributed by atoms with Crippen molar-refractivity contribution < 1.29 is 4.39 Å². The number of hydrogen-bond acceptors (Lipinski definition) is 6. The summed E-state index contributed by atoms with van der Waals surface area (Å²) in [4.78, 5) is 23.8. The summed E-state index contributed by atoms with van der Waals surface area (Å²) in [7, 11) is 3.63. The van der Waals surface area contributed by atoms with Crippen molar-refractivity contribution in [2.45, 2.75) is 18.9 Å². The number of nitrogens with one attached hydrogen (secondary N) is 1. The first-order valence-corrected chi connectivity index (χ1v) is 9.96. The third-order valence-electron chi connectivity index (χ3n) is 5.70. The first kappa shape index (κ1) is 20.0. The average molecular weight is 408 g/mol. The molecule has 2 aromatic carbocycles. The number of nitrogen functional groups attached to an aromatic ring is 1. The molecule has 30 heavy (non-hydrogen) atoms. The van der Waals surface area contributed by atoms with E-state index >= 15 is 0 Å². The molecule has 4 rings (SSSR count). The predicted octanol–water partition coefficient (Wildman–Crippen LogP) is 2.34. The molecule has 0 amide bonds. The van der Waals surface area contributed by atoms with E-state index in [1.54, 1.807) is 13.1 Å². The van der Waals surface area contributed by atoms with E-state index in [0.29, 0.717) is 28.2 Å². The van der Waals surface area contributed by atoms with Crippen LogP contribution in [0.2, 0.25) is 0 Å². The van der Waals surface area contributed by atoms with E-state index in [0.717, 1.165) is 31.6 Å². The zero-order valence-electron chi connectivity index (χ0n) is 17.1. The predicted molar refractivity (Wildman–Crippen MR) is 120 cm³/mol. The molecule has 1 aliphatic heterocycles. The number of rotatable bonds is 4. The fourth-order valence-electron chi connectivity index (χ4n) is 3.93. The van der Waals surface area contributed by atoms with Crippen LogP contribution in [0.5, 0.6) is 0 Å². The third-order valence-corrected chi connectivity index (χ3v) is 5.70. The van der Waals surface area contributed by atoms with Gasteiger partial charge in [0.25, 0.3) is 5.56 Å². The Morgan fingerprint density at radius 3 is 2.80 bits per heavy atom. The first-order chi connectivity index (χ1) is 14.5. The molecular formula is C22H25FN6O. The van der Waals surface area contributed by atoms with Gasteiger partial charge in [-0.2, -0.15) is 0 Å². The lowest BCUT2D eigenvalue weighted by molar-refractivity contribution is 0.443. The van der Waals surface area contributed by atoms with E-state index < -0.39 is 5.82 Å². The zero-order valence-corrected chi connectivity index (χ0v) is 17.1. The summed E-state index contributed by atoms with van der Waals surface area (Å²) in [6.07, 6.45) is 4.99. The van der Waals surface area contributed by atoms with Gasteiger partial charge in [-0.1, -0.05) is 0 Å². The van der Waals surface area contributed by atoms with Crippen molar-refractivity contribution in [3.05, 3.63) is 58.4 Å². The number of hydrogen-bond donors (Lipinski definition) is 2. The maximum atomic E-state index is 14.3. The van der Waals surface area contributed by atoms with Gasteiger partial charge in [0, 0.05) is 43.7 Å². The van der Waals surface area contributed by atoms with E-state index in [9.17, 15) is 9.18 Å². The van der Waals surface area contributed by atoms with Gasteiger partial charge in [0.05, 0.1) is 22.3 Å². The minimum absolute atomic E-state index is 0.00275. The molecule has 0 spiro atoms. The van der Waals surface area contributed by atoms with Crippen LogP contribution in [0.4, 0.5) is 15.8 Å². The number of fused-ring (bicyclic) bond motifs is 1. The molecule has 1 saturated heterocycles. The quantitative estimate of drug-likeness (QED) is 0.511. The summed E-state index contributed by atoms with van der Waals surface area (Å²) in [6.45, 7) is 1.98. The number of aliphatic imine (C=N–C) groups is 1. The first-order valence-electron chi connectivity index (χ1n) is 9.96. The summed E-state index contributed by atoms with van der Waals surface area (Å²) in [5.74, 6) is -0.603. The number of anilines is 2. The van der Waals surface area contributed by atoms with Crippen molar-refractivity contribution in [1.82, 2.24) is 14.9 Å². The molecule has 0 saturated carbocycles. The largest absolute Gasteiger partial charge is 0.396 e. The summed E-state index contributed by atoms with van der Waals surface area (Å²) >= 11 is 0. The second kappa shape index (κ2) is 8.23. The van der Waals surface area contributed by atoms with E-state index in [1.807, 2.05) is 18.2 Å². The summed E-state index contributed by atoms with van der Waals surface area (Å²) in [6, 6.07) is 9.00. The van der Waals surface area contributed by atoms with Crippen LogP contribution in [0.1, 0.15) is 18.4 Å². The lowest BCUT2D eigenvalue weighted by atomic mass is 10.0. The molecule has 0 atom stereocenters. The highest BCUT2D eigenvalue weighted by molar-refractivity contribution is 5.88. The van der Waals surface area contributed by atoms with Crippen molar-refractivity contribution in [2.75, 3.05) is 37.8 Å². The van der Waals surface area contributed by atoms with Gasteiger partial charge in [0.1, 0.15) is 12.1 Å². The van der Waals surface area contributed by atoms with Crippen molar-refractivity contribution >= 4 is 28.5 Å². The van der Waals surface area contributed by atoms with Crippen LogP contribution >= 0.6 is 0 Å². The van der Waals surface area contributed by atoms with Crippen LogP contribution in [0.3, 0.4) is 0 Å². The number of nitrogens with two attached hydrogens (primary N) is 1. The van der Waals surface area contributed by atoms with E-state index in [1.165, 1.54) is 23.2 Å². The Balaban J connectivity index is 1.79. The van der Waals surface area contributed by atoms with Crippen LogP contribution in [0.25, 0.3) is 16.6 Å². The maximum absolute atomic E-state index is 14.3. The van der Waals surface area contributed by atoms with Crippen LogP contribution in [-0.2, 0) is 0 Å². The summed E-state index contributed by atoms with van der Waals surface area (Å²) < 4.78 is 15.7. The Morgan fingerprint density at radius 2 is 2.07 bits per heavy atom. The highest BCUT2D eigenvalue weighted by Crippen LogP contribution is 2.24. The Labute approximate surface area is 174 Å². The molecule has 0 bridgehead atoms. The average Bonchev–Trinajstić information content (AvgIpc) is 2.77. The molecular weight excluding hydrogens is 383 g/mol. The van der Waals surface area contributed by atoms with Gasteiger partial charge in [0.15, 0.2) is 0 Å². The molecule has 1 aliphatic rings. The Hall–Kier alpha value is -3.26. The minimum atomic E-state index is -0.603. The van der Waals surface area contributed by atoms with Gasteiger partial charge < -0.3 is 16.0 Å². The van der Waals surface area contributed by atoms with Gasteiger partial charge in [-0.15, -0.1) is 0 Å². The number of piperidine rings is 1. The molecule has 0 unspecified atom stereocenters. The lowest BCUT2D eigenvalue weighted by Gasteiger charge is -2.33. The van der Waals surface area contributed by atoms with E-state index in [2.05, 4.69) is 27.2 Å². The van der Waals surface area contributed by atoms with Gasteiger partial charge in [-0.25, -0.2) is 9.37 Å². The molecule has 0 aliphatic carbocycles. The standard InChI is InChI=1S/C22H25FN6O/c1-25-12-14-9-17(11-19(23)21(14)24)29-13-27-20-4-3-16(10-18(20)22(29)30)28(2)15-5-7-26-8-6-15/h3-4,9-13,15,26H,5-8,24H2,1-2H3. The molecule has 3 aromatic rings. The van der Waals surface area contributed by atoms with Crippen molar-refractivity contribution in [1.29, 1.82) is 0 Å². The van der Waals surface area contributed by atoms with Crippen LogP contribution in [-0.4, -0.2) is 49.0 Å². The highest BCUT2D eigenvalue weighted by atomic mass is 19.1. The molecule has 0 radical (unpaired) electrons. The fourth-order valence-corrected chi connectivity index (χ4v) is 3.93. The van der Waals surface area contributed by atoms with E-state index in [4.69, 9.17) is 5.73 Å². The molecule has 3 N–H and O–H groups in total. The Morgan fingerprint density at radius 1 is 1.30 bits per heavy atom. The smallest absolute Gasteiger partial charge is 0.265 e. The second-order valence-corrected chi connectivity index (χ2v) is 7.53. The number of aromatic nitrogens is 2. The maximum Gasteiger partial charge on any atom is 0.265 e. The normalized spacial score (nSPS) is 15.2. The van der Waals surface area contributed by atoms with Gasteiger partial charge >= 0.3 is 0 Å². The van der Waals surface area contributed by atoms with Crippen molar-refractivity contribution in [3.63, 3.8) is 0 Å². The summed E-state index contributed by atoms with van der Waals surface area (Å²) in [5.41, 5.74) is 7.86. The van der Waals surface area contributed by atoms with Crippen LogP contribution in [0.15, 0.2) is 46.4 Å². The minimum Gasteiger partial charge on any atom is -0.396 e. The Bertz CT molecular complexity index is 1170. The van der Waals surface area contributed by atoms with Crippen molar-refractivity contribution in [2.24, 2.45) is 4.99 Å². The van der Waals surface area contributed by atoms with Crippen LogP contribution in [0, 0.1) is 5.82 Å². The number of benzene rings is 2. The molecule has 1 fully saturated rings. The van der Waals surface area contributed by atoms with Crippen LogP contribution < -0.4 is 21.5 Å². The highest BCUT2D eigenvalue weighted by Gasteiger charge is 2.19. The number of nitrogens with zero attached hydrogens (tertiary/aromatic N) is 4. The molecule has 7 nitrogen and oxygen atoms in total. The lowest BCUT2D eigenvalue weighted by Crippen LogP contribution is -2.41. The van der Waals surface area contributed by atoms with Gasteiger partial charge in [0.2, 0.25) is 0 Å².